The average molecular weight is 402 g/mol. The number of fused-ring (bicyclic) bond motifs is 1. The van der Waals surface area contributed by atoms with Crippen LogP contribution in [0.5, 0.6) is 5.88 Å². The number of aryl methyl sites for hydroxylation is 1. The first-order chi connectivity index (χ1) is 14.6. The first kappa shape index (κ1) is 20.1. The molecule has 0 saturated heterocycles. The Balaban J connectivity index is 1.57. The van der Waals surface area contributed by atoms with Crippen molar-refractivity contribution in [1.29, 1.82) is 0 Å². The van der Waals surface area contributed by atoms with Gasteiger partial charge in [-0.1, -0.05) is 54.1 Å². The maximum Gasteiger partial charge on any atom is 0.235 e. The summed E-state index contributed by atoms with van der Waals surface area (Å²) in [4.78, 5) is 17.9. The van der Waals surface area contributed by atoms with Gasteiger partial charge in [-0.25, -0.2) is 4.98 Å². The molecule has 1 aromatic heterocycles. The first-order valence-electron chi connectivity index (χ1n) is 10.1. The third kappa shape index (κ3) is 4.07. The highest BCUT2D eigenvalue weighted by molar-refractivity contribution is 6.00. The second-order valence-electron chi connectivity index (χ2n) is 7.75. The summed E-state index contributed by atoms with van der Waals surface area (Å²) < 4.78 is 10.5. The van der Waals surface area contributed by atoms with E-state index in [9.17, 15) is 4.79 Å². The first-order valence-corrected chi connectivity index (χ1v) is 10.1. The van der Waals surface area contributed by atoms with Gasteiger partial charge in [-0.3, -0.25) is 4.79 Å². The normalized spacial score (nSPS) is 14.2. The van der Waals surface area contributed by atoms with Gasteiger partial charge in [-0.2, -0.15) is 0 Å². The standard InChI is InChI=1S/C25H26N2O3/c1-18-7-9-21(10-8-18)25(15-19-5-3-4-6-20(19)16-25)24(28)27-22-11-12-23(26-17-22)30-14-13-29-2/h3-12,17H,13-16H2,1-2H3,(H,27,28). The molecule has 0 radical (unpaired) electrons. The monoisotopic (exact) mass is 402 g/mol. The van der Waals surface area contributed by atoms with Gasteiger partial charge in [0.05, 0.1) is 23.9 Å². The molecule has 0 spiro atoms. The Kier molecular flexibility index (Phi) is 5.81. The van der Waals surface area contributed by atoms with Crippen molar-refractivity contribution in [2.24, 2.45) is 0 Å². The van der Waals surface area contributed by atoms with E-state index in [0.29, 0.717) is 37.6 Å². The minimum Gasteiger partial charge on any atom is -0.475 e. The Hall–Kier alpha value is -3.18. The molecular formula is C25H26N2O3. The predicted octanol–water partition coefficient (Wildman–Crippen LogP) is 4.09. The maximum absolute atomic E-state index is 13.6. The lowest BCUT2D eigenvalue weighted by molar-refractivity contribution is -0.121. The van der Waals surface area contributed by atoms with E-state index in [2.05, 4.69) is 53.6 Å². The summed E-state index contributed by atoms with van der Waals surface area (Å²) in [5.74, 6) is 0.490. The molecule has 5 nitrogen and oxygen atoms in total. The fraction of sp³-hybridized carbons (Fsp3) is 0.280. The molecule has 0 aliphatic heterocycles. The van der Waals surface area contributed by atoms with E-state index in [1.807, 2.05) is 18.2 Å². The minimum atomic E-state index is -0.634. The number of hydrogen-bond donors (Lipinski definition) is 1. The molecule has 0 saturated carbocycles. The fourth-order valence-corrected chi connectivity index (χ4v) is 4.00. The summed E-state index contributed by atoms with van der Waals surface area (Å²) >= 11 is 0. The average Bonchev–Trinajstić information content (AvgIpc) is 3.16. The van der Waals surface area contributed by atoms with Crippen LogP contribution in [-0.4, -0.2) is 31.2 Å². The largest absolute Gasteiger partial charge is 0.475 e. The number of benzene rings is 2. The van der Waals surface area contributed by atoms with E-state index in [-0.39, 0.29) is 5.91 Å². The van der Waals surface area contributed by atoms with Crippen LogP contribution in [0.25, 0.3) is 0 Å². The summed E-state index contributed by atoms with van der Waals surface area (Å²) in [6, 6.07) is 20.2. The van der Waals surface area contributed by atoms with Crippen LogP contribution in [0.1, 0.15) is 22.3 Å². The molecule has 5 heteroatoms. The van der Waals surface area contributed by atoms with Crippen LogP contribution in [0, 0.1) is 6.92 Å². The number of nitrogens with one attached hydrogen (secondary N) is 1. The van der Waals surface area contributed by atoms with Crippen LogP contribution in [0.3, 0.4) is 0 Å². The number of nitrogens with zero attached hydrogens (tertiary/aromatic N) is 1. The summed E-state index contributed by atoms with van der Waals surface area (Å²) in [6.07, 6.45) is 3.00. The lowest BCUT2D eigenvalue weighted by atomic mass is 9.76. The molecule has 30 heavy (non-hydrogen) atoms. The summed E-state index contributed by atoms with van der Waals surface area (Å²) in [5.41, 5.74) is 4.70. The van der Waals surface area contributed by atoms with E-state index in [0.717, 1.165) is 5.56 Å². The van der Waals surface area contributed by atoms with E-state index >= 15 is 0 Å². The Morgan fingerprint density at radius 2 is 1.70 bits per heavy atom. The van der Waals surface area contributed by atoms with Crippen molar-refractivity contribution in [3.8, 4) is 5.88 Å². The molecular weight excluding hydrogens is 376 g/mol. The third-order valence-electron chi connectivity index (χ3n) is 5.67. The molecule has 1 N–H and O–H groups in total. The van der Waals surface area contributed by atoms with E-state index in [1.54, 1.807) is 19.4 Å². The Labute approximate surface area is 177 Å². The van der Waals surface area contributed by atoms with Gasteiger partial charge in [0.25, 0.3) is 0 Å². The number of ether oxygens (including phenoxy) is 2. The number of methoxy groups -OCH3 is 1. The van der Waals surface area contributed by atoms with E-state index < -0.39 is 5.41 Å². The van der Waals surface area contributed by atoms with E-state index in [1.165, 1.54) is 16.7 Å². The maximum atomic E-state index is 13.6. The predicted molar refractivity (Wildman–Crippen MR) is 117 cm³/mol. The van der Waals surface area contributed by atoms with Gasteiger partial charge >= 0.3 is 0 Å². The molecule has 0 unspecified atom stereocenters. The molecule has 1 aliphatic carbocycles. The highest BCUT2D eigenvalue weighted by Crippen LogP contribution is 2.41. The van der Waals surface area contributed by atoms with Gasteiger partial charge in [0.15, 0.2) is 0 Å². The van der Waals surface area contributed by atoms with Gasteiger partial charge in [0.2, 0.25) is 11.8 Å². The van der Waals surface area contributed by atoms with Crippen molar-refractivity contribution >= 4 is 11.6 Å². The smallest absolute Gasteiger partial charge is 0.235 e. The van der Waals surface area contributed by atoms with Gasteiger partial charge in [-0.15, -0.1) is 0 Å². The number of anilines is 1. The molecule has 0 bridgehead atoms. The summed E-state index contributed by atoms with van der Waals surface area (Å²) in [6.45, 7) is 2.99. The quantitative estimate of drug-likeness (QED) is 0.605. The Morgan fingerprint density at radius 1 is 1.00 bits per heavy atom. The van der Waals surface area contributed by atoms with Crippen molar-refractivity contribution in [3.05, 3.63) is 89.1 Å². The third-order valence-corrected chi connectivity index (χ3v) is 5.67. The van der Waals surface area contributed by atoms with Crippen molar-refractivity contribution < 1.29 is 14.3 Å². The minimum absolute atomic E-state index is 0.0163. The van der Waals surface area contributed by atoms with Crippen LogP contribution in [0.4, 0.5) is 5.69 Å². The van der Waals surface area contributed by atoms with Crippen molar-refractivity contribution in [3.63, 3.8) is 0 Å². The molecule has 1 aliphatic rings. The number of aromatic nitrogens is 1. The molecule has 4 rings (SSSR count). The molecule has 3 aromatic rings. The van der Waals surface area contributed by atoms with Gasteiger partial charge in [-0.05, 0) is 42.5 Å². The molecule has 1 heterocycles. The number of amides is 1. The van der Waals surface area contributed by atoms with Gasteiger partial charge < -0.3 is 14.8 Å². The van der Waals surface area contributed by atoms with Crippen LogP contribution in [0.2, 0.25) is 0 Å². The lowest BCUT2D eigenvalue weighted by Gasteiger charge is -2.28. The Morgan fingerprint density at radius 3 is 2.30 bits per heavy atom. The number of hydrogen-bond acceptors (Lipinski definition) is 4. The van der Waals surface area contributed by atoms with Crippen LogP contribution in [-0.2, 0) is 27.8 Å². The van der Waals surface area contributed by atoms with Crippen molar-refractivity contribution in [1.82, 2.24) is 4.98 Å². The SMILES string of the molecule is COCCOc1ccc(NC(=O)C2(c3ccc(C)cc3)Cc3ccccc3C2)cn1. The summed E-state index contributed by atoms with van der Waals surface area (Å²) in [5, 5.41) is 3.09. The molecule has 2 aromatic carbocycles. The number of pyridine rings is 1. The molecule has 0 fully saturated rings. The number of rotatable bonds is 7. The zero-order chi connectivity index (χ0) is 21.0. The molecule has 0 atom stereocenters. The number of carbonyl (C=O) groups excluding carboxylic acids is 1. The van der Waals surface area contributed by atoms with Crippen molar-refractivity contribution in [2.45, 2.75) is 25.2 Å². The van der Waals surface area contributed by atoms with Gasteiger partial charge in [0, 0.05) is 13.2 Å². The second kappa shape index (κ2) is 8.67. The van der Waals surface area contributed by atoms with E-state index in [4.69, 9.17) is 9.47 Å². The number of carbonyl (C=O) groups is 1. The molecule has 1 amide bonds. The van der Waals surface area contributed by atoms with Crippen LogP contribution in [0.15, 0.2) is 66.9 Å². The zero-order valence-corrected chi connectivity index (χ0v) is 17.4. The van der Waals surface area contributed by atoms with Gasteiger partial charge in [0.1, 0.15) is 6.61 Å². The zero-order valence-electron chi connectivity index (χ0n) is 17.4. The van der Waals surface area contributed by atoms with Crippen LogP contribution < -0.4 is 10.1 Å². The fourth-order valence-electron chi connectivity index (χ4n) is 4.00. The topological polar surface area (TPSA) is 60.5 Å². The summed E-state index contributed by atoms with van der Waals surface area (Å²) in [7, 11) is 1.63. The highest BCUT2D eigenvalue weighted by Gasteiger charge is 2.45. The second-order valence-corrected chi connectivity index (χ2v) is 7.75. The Bertz CT molecular complexity index is 988. The molecule has 154 valence electrons. The van der Waals surface area contributed by atoms with Crippen molar-refractivity contribution in [2.75, 3.05) is 25.6 Å². The highest BCUT2D eigenvalue weighted by atomic mass is 16.5. The lowest BCUT2D eigenvalue weighted by Crippen LogP contribution is -2.41. The van der Waals surface area contributed by atoms with Crippen LogP contribution >= 0.6 is 0 Å².